The van der Waals surface area contributed by atoms with E-state index >= 15 is 0 Å². The summed E-state index contributed by atoms with van der Waals surface area (Å²) < 4.78 is 24.3. The standard InChI is InChI=1S/C12H16FNO2/c1-12(2,3)16-10-7-6-9(11(13)14-10)15-8-4-5-8/h6-8H,4-5H2,1-3H3. The number of hydrogen-bond donors (Lipinski definition) is 0. The Balaban J connectivity index is 2.08. The van der Waals surface area contributed by atoms with Gasteiger partial charge in [-0.05, 0) is 39.7 Å². The van der Waals surface area contributed by atoms with Crippen LogP contribution in [0.15, 0.2) is 12.1 Å². The van der Waals surface area contributed by atoms with Gasteiger partial charge >= 0.3 is 0 Å². The molecule has 0 N–H and O–H groups in total. The minimum Gasteiger partial charge on any atom is -0.486 e. The maximum atomic E-state index is 13.5. The normalized spacial score (nSPS) is 16.0. The van der Waals surface area contributed by atoms with Crippen molar-refractivity contribution in [3.8, 4) is 11.6 Å². The van der Waals surface area contributed by atoms with Gasteiger partial charge in [-0.15, -0.1) is 0 Å². The van der Waals surface area contributed by atoms with E-state index in [2.05, 4.69) is 4.98 Å². The summed E-state index contributed by atoms with van der Waals surface area (Å²) in [4.78, 5) is 3.73. The zero-order chi connectivity index (χ0) is 11.8. The Morgan fingerprint density at radius 1 is 1.31 bits per heavy atom. The Morgan fingerprint density at radius 2 is 2.00 bits per heavy atom. The second-order valence-corrected chi connectivity index (χ2v) is 4.97. The van der Waals surface area contributed by atoms with Gasteiger partial charge in [-0.3, -0.25) is 0 Å². The molecule has 1 saturated carbocycles. The van der Waals surface area contributed by atoms with E-state index in [1.807, 2.05) is 20.8 Å². The number of rotatable bonds is 3. The number of ether oxygens (including phenoxy) is 2. The monoisotopic (exact) mass is 225 g/mol. The van der Waals surface area contributed by atoms with Crippen LogP contribution in [0.2, 0.25) is 0 Å². The predicted octanol–water partition coefficient (Wildman–Crippen LogP) is 2.94. The lowest BCUT2D eigenvalue weighted by Crippen LogP contribution is -2.23. The number of nitrogens with zero attached hydrogens (tertiary/aromatic N) is 1. The molecule has 2 rings (SSSR count). The van der Waals surface area contributed by atoms with Crippen molar-refractivity contribution >= 4 is 0 Å². The smallest absolute Gasteiger partial charge is 0.258 e. The summed E-state index contributed by atoms with van der Waals surface area (Å²) in [5, 5.41) is 0. The third kappa shape index (κ3) is 3.08. The van der Waals surface area contributed by atoms with Crippen LogP contribution in [0.4, 0.5) is 4.39 Å². The van der Waals surface area contributed by atoms with Crippen LogP contribution in [-0.2, 0) is 0 Å². The molecule has 0 amide bonds. The van der Waals surface area contributed by atoms with Crippen LogP contribution in [0.25, 0.3) is 0 Å². The van der Waals surface area contributed by atoms with Gasteiger partial charge in [-0.2, -0.15) is 9.37 Å². The first-order valence-corrected chi connectivity index (χ1v) is 5.46. The highest BCUT2D eigenvalue weighted by Crippen LogP contribution is 2.29. The van der Waals surface area contributed by atoms with Crippen molar-refractivity contribution < 1.29 is 13.9 Å². The summed E-state index contributed by atoms with van der Waals surface area (Å²) >= 11 is 0. The van der Waals surface area contributed by atoms with E-state index in [4.69, 9.17) is 9.47 Å². The van der Waals surface area contributed by atoms with Crippen LogP contribution in [0, 0.1) is 5.95 Å². The summed E-state index contributed by atoms with van der Waals surface area (Å²) in [6.07, 6.45) is 2.17. The molecular formula is C12H16FNO2. The van der Waals surface area contributed by atoms with E-state index in [-0.39, 0.29) is 23.3 Å². The molecule has 1 aliphatic rings. The molecule has 1 heterocycles. The average molecular weight is 225 g/mol. The first kappa shape index (κ1) is 11.2. The molecule has 0 aromatic carbocycles. The SMILES string of the molecule is CC(C)(C)Oc1ccc(OC2CC2)c(F)n1. The molecule has 0 aliphatic heterocycles. The van der Waals surface area contributed by atoms with E-state index in [1.54, 1.807) is 12.1 Å². The van der Waals surface area contributed by atoms with Crippen molar-refractivity contribution in [1.82, 2.24) is 4.98 Å². The first-order chi connectivity index (χ1) is 7.44. The fourth-order valence-electron chi connectivity index (χ4n) is 1.23. The minimum atomic E-state index is -0.603. The van der Waals surface area contributed by atoms with Crippen molar-refractivity contribution in [3.05, 3.63) is 18.1 Å². The quantitative estimate of drug-likeness (QED) is 0.741. The molecule has 0 saturated heterocycles. The van der Waals surface area contributed by atoms with E-state index in [1.165, 1.54) is 0 Å². The van der Waals surface area contributed by atoms with Crippen LogP contribution in [0.5, 0.6) is 11.6 Å². The van der Waals surface area contributed by atoms with Gasteiger partial charge in [0.05, 0.1) is 6.10 Å². The fraction of sp³-hybridized carbons (Fsp3) is 0.583. The van der Waals surface area contributed by atoms with E-state index < -0.39 is 5.95 Å². The highest BCUT2D eigenvalue weighted by molar-refractivity contribution is 5.25. The number of aromatic nitrogens is 1. The fourth-order valence-corrected chi connectivity index (χ4v) is 1.23. The molecule has 88 valence electrons. The Kier molecular flexibility index (Phi) is 2.74. The largest absolute Gasteiger partial charge is 0.486 e. The van der Waals surface area contributed by atoms with E-state index in [9.17, 15) is 4.39 Å². The molecule has 1 fully saturated rings. The molecule has 4 heteroatoms. The molecule has 0 spiro atoms. The van der Waals surface area contributed by atoms with Crippen LogP contribution >= 0.6 is 0 Å². The van der Waals surface area contributed by atoms with Gasteiger partial charge in [0.15, 0.2) is 5.75 Å². The summed E-state index contributed by atoms with van der Waals surface area (Å²) in [5.74, 6) is -0.106. The van der Waals surface area contributed by atoms with Crippen LogP contribution in [0.1, 0.15) is 33.6 Å². The van der Waals surface area contributed by atoms with Gasteiger partial charge in [0, 0.05) is 6.07 Å². The Bertz CT molecular complexity index is 383. The van der Waals surface area contributed by atoms with Crippen LogP contribution in [-0.4, -0.2) is 16.7 Å². The van der Waals surface area contributed by atoms with Gasteiger partial charge < -0.3 is 9.47 Å². The van der Waals surface area contributed by atoms with E-state index in [0.29, 0.717) is 0 Å². The third-order valence-corrected chi connectivity index (χ3v) is 2.02. The molecule has 0 radical (unpaired) electrons. The first-order valence-electron chi connectivity index (χ1n) is 5.46. The molecule has 1 aromatic heterocycles. The van der Waals surface area contributed by atoms with Crippen molar-refractivity contribution in [1.29, 1.82) is 0 Å². The lowest BCUT2D eigenvalue weighted by molar-refractivity contribution is 0.122. The average Bonchev–Trinajstić information content (AvgIpc) is 2.90. The van der Waals surface area contributed by atoms with Gasteiger partial charge in [0.25, 0.3) is 5.95 Å². The van der Waals surface area contributed by atoms with Crippen molar-refractivity contribution in [2.75, 3.05) is 0 Å². The van der Waals surface area contributed by atoms with Crippen LogP contribution in [0.3, 0.4) is 0 Å². The summed E-state index contributed by atoms with van der Waals surface area (Å²) in [5.41, 5.74) is -0.377. The Hall–Kier alpha value is -1.32. The number of pyridine rings is 1. The second kappa shape index (κ2) is 3.92. The van der Waals surface area contributed by atoms with Gasteiger partial charge in [-0.1, -0.05) is 0 Å². The molecule has 1 aromatic rings. The Labute approximate surface area is 94.6 Å². The van der Waals surface area contributed by atoms with Crippen molar-refractivity contribution in [3.63, 3.8) is 0 Å². The minimum absolute atomic E-state index is 0.172. The maximum absolute atomic E-state index is 13.5. The third-order valence-electron chi connectivity index (χ3n) is 2.02. The van der Waals surface area contributed by atoms with Gasteiger partial charge in [0.1, 0.15) is 5.60 Å². The highest BCUT2D eigenvalue weighted by Gasteiger charge is 2.25. The molecular weight excluding hydrogens is 209 g/mol. The van der Waals surface area contributed by atoms with E-state index in [0.717, 1.165) is 12.8 Å². The molecule has 1 aliphatic carbocycles. The lowest BCUT2D eigenvalue weighted by atomic mass is 10.2. The van der Waals surface area contributed by atoms with Gasteiger partial charge in [0.2, 0.25) is 5.88 Å². The molecule has 16 heavy (non-hydrogen) atoms. The van der Waals surface area contributed by atoms with Crippen molar-refractivity contribution in [2.24, 2.45) is 0 Å². The predicted molar refractivity (Wildman–Crippen MR) is 58.2 cm³/mol. The molecule has 0 unspecified atom stereocenters. The second-order valence-electron chi connectivity index (χ2n) is 4.97. The van der Waals surface area contributed by atoms with Crippen molar-refractivity contribution in [2.45, 2.75) is 45.3 Å². The zero-order valence-corrected chi connectivity index (χ0v) is 9.79. The van der Waals surface area contributed by atoms with Crippen LogP contribution < -0.4 is 9.47 Å². The summed E-state index contributed by atoms with van der Waals surface area (Å²) in [6, 6.07) is 3.20. The summed E-state index contributed by atoms with van der Waals surface area (Å²) in [6.45, 7) is 5.67. The summed E-state index contributed by atoms with van der Waals surface area (Å²) in [7, 11) is 0. The molecule has 3 nitrogen and oxygen atoms in total. The lowest BCUT2D eigenvalue weighted by Gasteiger charge is -2.20. The number of halogens is 1. The Morgan fingerprint density at radius 3 is 2.50 bits per heavy atom. The maximum Gasteiger partial charge on any atom is 0.258 e. The topological polar surface area (TPSA) is 31.4 Å². The molecule has 0 atom stereocenters. The molecule has 0 bridgehead atoms. The zero-order valence-electron chi connectivity index (χ0n) is 9.79. The van der Waals surface area contributed by atoms with Gasteiger partial charge in [-0.25, -0.2) is 0 Å². The number of hydrogen-bond acceptors (Lipinski definition) is 3. The highest BCUT2D eigenvalue weighted by atomic mass is 19.1.